The maximum atomic E-state index is 10.8. The zero-order valence-electron chi connectivity index (χ0n) is 9.37. The summed E-state index contributed by atoms with van der Waals surface area (Å²) in [5.41, 5.74) is 1.14. The molecule has 0 radical (unpaired) electrons. The van der Waals surface area contributed by atoms with Gasteiger partial charge in [-0.25, -0.2) is 9.48 Å². The predicted molar refractivity (Wildman–Crippen MR) is 59.7 cm³/mol. The third-order valence-electron chi connectivity index (χ3n) is 2.43. The topological polar surface area (TPSA) is 80.9 Å². The summed E-state index contributed by atoms with van der Waals surface area (Å²) < 4.78 is 1.67. The monoisotopic (exact) mass is 232 g/mol. The molecule has 2 aromatic rings. The van der Waals surface area contributed by atoms with Crippen molar-refractivity contribution in [3.8, 4) is 0 Å². The average molecular weight is 232 g/mol. The number of carboxylic acids is 1. The lowest BCUT2D eigenvalue weighted by Crippen LogP contribution is -2.07. The standard InChI is InChI=1S/C11H12N4O2/c1-2-10-12-13-14-15(10)7-8-4-3-5-9(6-8)11(16)17/h3-6H,2,7H2,1H3,(H,16,17). The highest BCUT2D eigenvalue weighted by Crippen LogP contribution is 2.07. The summed E-state index contributed by atoms with van der Waals surface area (Å²) in [7, 11) is 0. The molecular weight excluding hydrogens is 220 g/mol. The van der Waals surface area contributed by atoms with Gasteiger partial charge in [-0.2, -0.15) is 0 Å². The first-order chi connectivity index (χ1) is 8.20. The molecule has 0 spiro atoms. The Kier molecular flexibility index (Phi) is 3.13. The van der Waals surface area contributed by atoms with Crippen molar-refractivity contribution in [1.82, 2.24) is 20.2 Å². The molecule has 6 nitrogen and oxygen atoms in total. The fourth-order valence-corrected chi connectivity index (χ4v) is 1.57. The molecule has 1 N–H and O–H groups in total. The molecule has 0 fully saturated rings. The smallest absolute Gasteiger partial charge is 0.335 e. The van der Waals surface area contributed by atoms with Crippen LogP contribution in [0.4, 0.5) is 0 Å². The highest BCUT2D eigenvalue weighted by Gasteiger charge is 2.07. The maximum absolute atomic E-state index is 10.8. The normalized spacial score (nSPS) is 10.4. The van der Waals surface area contributed by atoms with Crippen LogP contribution in [-0.2, 0) is 13.0 Å². The van der Waals surface area contributed by atoms with Crippen LogP contribution in [0.25, 0.3) is 0 Å². The molecule has 1 heterocycles. The summed E-state index contributed by atoms with van der Waals surface area (Å²) in [6.45, 7) is 2.45. The van der Waals surface area contributed by atoms with Crippen molar-refractivity contribution in [3.05, 3.63) is 41.2 Å². The molecule has 17 heavy (non-hydrogen) atoms. The Hall–Kier alpha value is -2.24. The second kappa shape index (κ2) is 4.73. The van der Waals surface area contributed by atoms with Gasteiger partial charge >= 0.3 is 5.97 Å². The van der Waals surface area contributed by atoms with Crippen molar-refractivity contribution in [2.24, 2.45) is 0 Å². The van der Waals surface area contributed by atoms with Gasteiger partial charge in [0, 0.05) is 6.42 Å². The minimum atomic E-state index is -0.931. The largest absolute Gasteiger partial charge is 0.478 e. The van der Waals surface area contributed by atoms with Gasteiger partial charge in [0.2, 0.25) is 0 Å². The summed E-state index contributed by atoms with van der Waals surface area (Å²) in [6.07, 6.45) is 0.742. The first kappa shape index (κ1) is 11.3. The van der Waals surface area contributed by atoms with Crippen molar-refractivity contribution >= 4 is 5.97 Å². The number of carbonyl (C=O) groups is 1. The van der Waals surface area contributed by atoms with E-state index in [1.54, 1.807) is 22.9 Å². The number of nitrogens with zero attached hydrogens (tertiary/aromatic N) is 4. The Balaban J connectivity index is 2.24. The molecule has 0 saturated heterocycles. The SMILES string of the molecule is CCc1nnnn1Cc1cccc(C(=O)O)c1. The molecule has 0 aliphatic heterocycles. The Morgan fingerprint density at radius 3 is 3.00 bits per heavy atom. The third kappa shape index (κ3) is 2.47. The van der Waals surface area contributed by atoms with E-state index in [4.69, 9.17) is 5.11 Å². The predicted octanol–water partition coefficient (Wildman–Crippen LogP) is 0.982. The van der Waals surface area contributed by atoms with Crippen LogP contribution in [0.3, 0.4) is 0 Å². The number of hydrogen-bond acceptors (Lipinski definition) is 4. The van der Waals surface area contributed by atoms with Crippen molar-refractivity contribution in [1.29, 1.82) is 0 Å². The van der Waals surface area contributed by atoms with Gasteiger partial charge in [0.15, 0.2) is 5.82 Å². The van der Waals surface area contributed by atoms with Crippen molar-refractivity contribution in [2.75, 3.05) is 0 Å². The van der Waals surface area contributed by atoms with Crippen LogP contribution in [0.1, 0.15) is 28.7 Å². The number of aryl methyl sites for hydroxylation is 1. The van der Waals surface area contributed by atoms with Gasteiger partial charge < -0.3 is 5.11 Å². The van der Waals surface area contributed by atoms with Gasteiger partial charge in [0.25, 0.3) is 0 Å². The van der Waals surface area contributed by atoms with E-state index in [0.717, 1.165) is 17.8 Å². The van der Waals surface area contributed by atoms with Crippen LogP contribution in [0.15, 0.2) is 24.3 Å². The number of rotatable bonds is 4. The second-order valence-corrected chi connectivity index (χ2v) is 3.61. The van der Waals surface area contributed by atoms with Gasteiger partial charge in [-0.05, 0) is 28.1 Å². The zero-order chi connectivity index (χ0) is 12.3. The van der Waals surface area contributed by atoms with E-state index >= 15 is 0 Å². The molecule has 0 bridgehead atoms. The fourth-order valence-electron chi connectivity index (χ4n) is 1.57. The molecule has 0 unspecified atom stereocenters. The summed E-state index contributed by atoms with van der Waals surface area (Å²) in [6, 6.07) is 6.76. The lowest BCUT2D eigenvalue weighted by atomic mass is 10.1. The molecule has 0 atom stereocenters. The van der Waals surface area contributed by atoms with E-state index in [1.165, 1.54) is 0 Å². The van der Waals surface area contributed by atoms with Crippen LogP contribution in [-0.4, -0.2) is 31.3 Å². The molecule has 1 aromatic carbocycles. The summed E-state index contributed by atoms with van der Waals surface area (Å²) in [5.74, 6) is -0.148. The Morgan fingerprint density at radius 1 is 1.47 bits per heavy atom. The van der Waals surface area contributed by atoms with Gasteiger partial charge in [0.1, 0.15) is 0 Å². The first-order valence-corrected chi connectivity index (χ1v) is 5.28. The lowest BCUT2D eigenvalue weighted by molar-refractivity contribution is 0.0696. The minimum Gasteiger partial charge on any atom is -0.478 e. The number of hydrogen-bond donors (Lipinski definition) is 1. The molecule has 1 aromatic heterocycles. The van der Waals surface area contributed by atoms with Crippen LogP contribution in [0.2, 0.25) is 0 Å². The molecule has 6 heteroatoms. The number of aromatic nitrogens is 4. The van der Waals surface area contributed by atoms with Gasteiger partial charge in [-0.15, -0.1) is 5.10 Å². The summed E-state index contributed by atoms with van der Waals surface area (Å²) in [4.78, 5) is 10.8. The molecule has 0 saturated carbocycles. The quantitative estimate of drug-likeness (QED) is 0.849. The number of tetrazole rings is 1. The van der Waals surface area contributed by atoms with Crippen LogP contribution in [0, 0.1) is 0 Å². The minimum absolute atomic E-state index is 0.272. The fraction of sp³-hybridized carbons (Fsp3) is 0.273. The van der Waals surface area contributed by atoms with Crippen molar-refractivity contribution in [3.63, 3.8) is 0 Å². The van der Waals surface area contributed by atoms with Gasteiger partial charge in [-0.3, -0.25) is 0 Å². The van der Waals surface area contributed by atoms with E-state index < -0.39 is 5.97 Å². The summed E-state index contributed by atoms with van der Waals surface area (Å²) >= 11 is 0. The highest BCUT2D eigenvalue weighted by molar-refractivity contribution is 5.87. The Morgan fingerprint density at radius 2 is 2.29 bits per heavy atom. The first-order valence-electron chi connectivity index (χ1n) is 5.28. The maximum Gasteiger partial charge on any atom is 0.335 e. The van der Waals surface area contributed by atoms with E-state index in [1.807, 2.05) is 13.0 Å². The van der Waals surface area contributed by atoms with E-state index in [9.17, 15) is 4.79 Å². The lowest BCUT2D eigenvalue weighted by Gasteiger charge is -2.04. The molecule has 0 aliphatic rings. The second-order valence-electron chi connectivity index (χ2n) is 3.61. The van der Waals surface area contributed by atoms with Crippen molar-refractivity contribution in [2.45, 2.75) is 19.9 Å². The average Bonchev–Trinajstić information content (AvgIpc) is 2.76. The molecule has 88 valence electrons. The molecular formula is C11H12N4O2. The number of carboxylic acid groups (broad SMARTS) is 1. The number of benzene rings is 1. The van der Waals surface area contributed by atoms with Gasteiger partial charge in [0.05, 0.1) is 12.1 Å². The molecule has 2 rings (SSSR count). The van der Waals surface area contributed by atoms with E-state index in [2.05, 4.69) is 15.5 Å². The zero-order valence-corrected chi connectivity index (χ0v) is 9.37. The van der Waals surface area contributed by atoms with Gasteiger partial charge in [-0.1, -0.05) is 19.1 Å². The summed E-state index contributed by atoms with van der Waals surface area (Å²) in [5, 5.41) is 20.2. The number of aromatic carboxylic acids is 1. The van der Waals surface area contributed by atoms with Crippen LogP contribution < -0.4 is 0 Å². The molecule has 0 amide bonds. The van der Waals surface area contributed by atoms with Crippen LogP contribution in [0.5, 0.6) is 0 Å². The van der Waals surface area contributed by atoms with E-state index in [-0.39, 0.29) is 5.56 Å². The molecule has 0 aliphatic carbocycles. The van der Waals surface area contributed by atoms with Crippen LogP contribution >= 0.6 is 0 Å². The Labute approximate surface area is 97.9 Å². The van der Waals surface area contributed by atoms with E-state index in [0.29, 0.717) is 6.54 Å². The highest BCUT2D eigenvalue weighted by atomic mass is 16.4. The third-order valence-corrected chi connectivity index (χ3v) is 2.43. The Bertz CT molecular complexity index is 536. The van der Waals surface area contributed by atoms with Crippen molar-refractivity contribution < 1.29 is 9.90 Å².